The van der Waals surface area contributed by atoms with Gasteiger partial charge in [-0.3, -0.25) is 0 Å². The third-order valence-electron chi connectivity index (χ3n) is 1.27. The lowest BCUT2D eigenvalue weighted by Gasteiger charge is -1.80. The molecule has 1 amide bonds. The van der Waals surface area contributed by atoms with E-state index in [1.807, 2.05) is 64.1 Å². The third kappa shape index (κ3) is 12.5. The number of cyclic esters (lactones) is 1. The van der Waals surface area contributed by atoms with Gasteiger partial charge in [-0.25, -0.2) is 4.79 Å². The molecular formula is C13H23NO2. The minimum Gasteiger partial charge on any atom is -0.448 e. The number of carbonyl (C=O) groups excluding carboxylic acids is 1. The van der Waals surface area contributed by atoms with E-state index in [9.17, 15) is 4.79 Å². The van der Waals surface area contributed by atoms with E-state index < -0.39 is 0 Å². The van der Waals surface area contributed by atoms with Gasteiger partial charge in [-0.15, -0.1) is 0 Å². The standard InChI is InChI=1S/C6H6.C3H5NO2.2C2H6/c1-2-4-6-5-3-1;5-3-4-1-2-6-3;2*1-2/h1-6H;1-2H2,(H,4,5);2*1-2H3. The number of hydrogen-bond acceptors (Lipinski definition) is 2. The molecule has 3 heteroatoms. The van der Waals surface area contributed by atoms with E-state index in [1.54, 1.807) is 0 Å². The summed E-state index contributed by atoms with van der Waals surface area (Å²) in [5, 5.41) is 2.46. The number of benzene rings is 1. The van der Waals surface area contributed by atoms with Crippen molar-refractivity contribution in [1.82, 2.24) is 5.32 Å². The first-order valence-electron chi connectivity index (χ1n) is 5.80. The molecule has 1 N–H and O–H groups in total. The van der Waals surface area contributed by atoms with Gasteiger partial charge in [0.15, 0.2) is 0 Å². The molecule has 92 valence electrons. The van der Waals surface area contributed by atoms with Gasteiger partial charge in [0.2, 0.25) is 0 Å². The molecule has 0 spiro atoms. The average molecular weight is 225 g/mol. The lowest BCUT2D eigenvalue weighted by Crippen LogP contribution is -2.11. The minimum atomic E-state index is -0.296. The topological polar surface area (TPSA) is 38.3 Å². The van der Waals surface area contributed by atoms with Crippen LogP contribution in [0.2, 0.25) is 0 Å². The lowest BCUT2D eigenvalue weighted by atomic mass is 10.4. The van der Waals surface area contributed by atoms with Crippen molar-refractivity contribution >= 4 is 6.09 Å². The van der Waals surface area contributed by atoms with Crippen molar-refractivity contribution in [2.45, 2.75) is 27.7 Å². The molecule has 0 bridgehead atoms. The Morgan fingerprint density at radius 3 is 1.44 bits per heavy atom. The van der Waals surface area contributed by atoms with Gasteiger partial charge in [0, 0.05) is 0 Å². The Balaban J connectivity index is 0. The molecule has 0 aliphatic carbocycles. The molecule has 0 saturated carbocycles. The van der Waals surface area contributed by atoms with E-state index in [-0.39, 0.29) is 6.09 Å². The van der Waals surface area contributed by atoms with Gasteiger partial charge in [-0.05, 0) is 0 Å². The second-order valence-corrected chi connectivity index (χ2v) is 2.22. The first-order valence-corrected chi connectivity index (χ1v) is 5.80. The molecule has 3 nitrogen and oxygen atoms in total. The molecule has 16 heavy (non-hydrogen) atoms. The van der Waals surface area contributed by atoms with Crippen molar-refractivity contribution in [3.05, 3.63) is 36.4 Å². The van der Waals surface area contributed by atoms with Crippen LogP contribution in [0, 0.1) is 0 Å². The summed E-state index contributed by atoms with van der Waals surface area (Å²) in [4.78, 5) is 9.91. The summed E-state index contributed by atoms with van der Waals surface area (Å²) in [6, 6.07) is 12.0. The van der Waals surface area contributed by atoms with Crippen LogP contribution in [0.3, 0.4) is 0 Å². The van der Waals surface area contributed by atoms with Gasteiger partial charge in [-0.2, -0.15) is 0 Å². The summed E-state index contributed by atoms with van der Waals surface area (Å²) in [5.74, 6) is 0. The fourth-order valence-electron chi connectivity index (χ4n) is 0.733. The predicted molar refractivity (Wildman–Crippen MR) is 68.5 cm³/mol. The fraction of sp³-hybridized carbons (Fsp3) is 0.462. The second kappa shape index (κ2) is 15.9. The molecule has 2 rings (SSSR count). The summed E-state index contributed by atoms with van der Waals surface area (Å²) in [5.41, 5.74) is 0. The SMILES string of the molecule is CC.CC.O=C1NCCO1.c1ccccc1. The number of amides is 1. The Labute approximate surface area is 98.8 Å². The Morgan fingerprint density at radius 1 is 0.938 bits per heavy atom. The van der Waals surface area contributed by atoms with Crippen LogP contribution >= 0.6 is 0 Å². The molecule has 0 aromatic heterocycles. The Bertz CT molecular complexity index is 190. The number of alkyl carbamates (subject to hydrolysis) is 1. The smallest absolute Gasteiger partial charge is 0.407 e. The molecule has 0 radical (unpaired) electrons. The highest BCUT2D eigenvalue weighted by atomic mass is 16.6. The van der Waals surface area contributed by atoms with Crippen LogP contribution in [0.4, 0.5) is 4.79 Å². The van der Waals surface area contributed by atoms with Crippen LogP contribution in [0.1, 0.15) is 27.7 Å². The Hall–Kier alpha value is -1.51. The van der Waals surface area contributed by atoms with Crippen LogP contribution in [-0.4, -0.2) is 19.2 Å². The zero-order valence-corrected chi connectivity index (χ0v) is 10.7. The molecule has 1 aromatic carbocycles. The van der Waals surface area contributed by atoms with E-state index >= 15 is 0 Å². The number of carbonyl (C=O) groups is 1. The summed E-state index contributed by atoms with van der Waals surface area (Å²) in [6.45, 7) is 9.19. The van der Waals surface area contributed by atoms with Crippen molar-refractivity contribution in [2.75, 3.05) is 13.2 Å². The maximum absolute atomic E-state index is 9.91. The van der Waals surface area contributed by atoms with Gasteiger partial charge in [-0.1, -0.05) is 64.1 Å². The number of hydrogen-bond donors (Lipinski definition) is 1. The van der Waals surface area contributed by atoms with Crippen LogP contribution in [-0.2, 0) is 4.74 Å². The third-order valence-corrected chi connectivity index (χ3v) is 1.27. The van der Waals surface area contributed by atoms with E-state index in [2.05, 4.69) is 10.1 Å². The normalized spacial score (nSPS) is 11.1. The van der Waals surface area contributed by atoms with Gasteiger partial charge in [0.25, 0.3) is 0 Å². The van der Waals surface area contributed by atoms with Crippen LogP contribution < -0.4 is 5.32 Å². The minimum absolute atomic E-state index is 0.296. The molecule has 1 fully saturated rings. The molecule has 1 saturated heterocycles. The molecule has 1 aliphatic heterocycles. The first kappa shape index (κ1) is 16.9. The molecule has 1 aromatic rings. The van der Waals surface area contributed by atoms with Crippen LogP contribution in [0.15, 0.2) is 36.4 Å². The summed E-state index contributed by atoms with van der Waals surface area (Å²) in [6.07, 6.45) is -0.296. The first-order chi connectivity index (χ1) is 7.89. The number of ether oxygens (including phenoxy) is 1. The lowest BCUT2D eigenvalue weighted by molar-refractivity contribution is 0.178. The van der Waals surface area contributed by atoms with Crippen molar-refractivity contribution in [3.63, 3.8) is 0 Å². The van der Waals surface area contributed by atoms with Crippen molar-refractivity contribution in [1.29, 1.82) is 0 Å². The monoisotopic (exact) mass is 225 g/mol. The van der Waals surface area contributed by atoms with Crippen LogP contribution in [0.5, 0.6) is 0 Å². The number of nitrogens with one attached hydrogen (secondary N) is 1. The van der Waals surface area contributed by atoms with Gasteiger partial charge >= 0.3 is 6.09 Å². The summed E-state index contributed by atoms with van der Waals surface area (Å²) in [7, 11) is 0. The second-order valence-electron chi connectivity index (χ2n) is 2.22. The van der Waals surface area contributed by atoms with Gasteiger partial charge in [0.05, 0.1) is 6.54 Å². The highest BCUT2D eigenvalue weighted by Gasteiger charge is 2.06. The molecule has 0 atom stereocenters. The maximum Gasteiger partial charge on any atom is 0.407 e. The average Bonchev–Trinajstić information content (AvgIpc) is 2.88. The zero-order chi connectivity index (χ0) is 12.6. The molecule has 0 unspecified atom stereocenters. The number of rotatable bonds is 0. The van der Waals surface area contributed by atoms with E-state index in [0.29, 0.717) is 13.2 Å². The highest BCUT2D eigenvalue weighted by Crippen LogP contribution is 1.82. The van der Waals surface area contributed by atoms with E-state index in [4.69, 9.17) is 0 Å². The maximum atomic E-state index is 9.91. The van der Waals surface area contributed by atoms with E-state index in [0.717, 1.165) is 0 Å². The molecule has 1 aliphatic rings. The van der Waals surface area contributed by atoms with Crippen LogP contribution in [0.25, 0.3) is 0 Å². The predicted octanol–water partition coefficient (Wildman–Crippen LogP) is 3.47. The molecular weight excluding hydrogens is 202 g/mol. The quantitative estimate of drug-likeness (QED) is 0.734. The largest absolute Gasteiger partial charge is 0.448 e. The van der Waals surface area contributed by atoms with Crippen molar-refractivity contribution < 1.29 is 9.53 Å². The fourth-order valence-corrected chi connectivity index (χ4v) is 0.733. The van der Waals surface area contributed by atoms with E-state index in [1.165, 1.54) is 0 Å². The van der Waals surface area contributed by atoms with Gasteiger partial charge < -0.3 is 10.1 Å². The van der Waals surface area contributed by atoms with Gasteiger partial charge in [0.1, 0.15) is 6.61 Å². The summed E-state index contributed by atoms with van der Waals surface area (Å²) < 4.78 is 4.40. The van der Waals surface area contributed by atoms with Crippen molar-refractivity contribution in [3.8, 4) is 0 Å². The highest BCUT2D eigenvalue weighted by molar-refractivity contribution is 5.68. The van der Waals surface area contributed by atoms with Crippen molar-refractivity contribution in [2.24, 2.45) is 0 Å². The Morgan fingerprint density at radius 2 is 1.31 bits per heavy atom. The summed E-state index contributed by atoms with van der Waals surface area (Å²) >= 11 is 0. The molecule has 1 heterocycles. The Kier molecular flexibility index (Phi) is 16.8. The zero-order valence-electron chi connectivity index (χ0n) is 10.7.